The maximum Gasteiger partial charge on any atom is 0.0582 e. The van der Waals surface area contributed by atoms with E-state index in [1.54, 1.807) is 0 Å². The molecule has 2 aromatic carbocycles. The predicted molar refractivity (Wildman–Crippen MR) is 92.2 cm³/mol. The third-order valence-electron chi connectivity index (χ3n) is 3.90. The van der Waals surface area contributed by atoms with Gasteiger partial charge in [-0.1, -0.05) is 48.4 Å². The van der Waals surface area contributed by atoms with Crippen molar-refractivity contribution in [1.29, 1.82) is 0 Å². The summed E-state index contributed by atoms with van der Waals surface area (Å²) >= 11 is 6.23. The van der Waals surface area contributed by atoms with Gasteiger partial charge in [0.2, 0.25) is 0 Å². The third-order valence-corrected chi connectivity index (χ3v) is 4.13. The molecule has 1 atom stereocenters. The Morgan fingerprint density at radius 1 is 0.952 bits per heavy atom. The van der Waals surface area contributed by atoms with Crippen molar-refractivity contribution in [2.75, 3.05) is 6.54 Å². The summed E-state index contributed by atoms with van der Waals surface area (Å²) in [6, 6.07) is 13.0. The highest BCUT2D eigenvalue weighted by molar-refractivity contribution is 6.30. The Hall–Kier alpha value is -1.31. The van der Waals surface area contributed by atoms with Gasteiger partial charge in [-0.3, -0.25) is 0 Å². The first-order chi connectivity index (χ1) is 10.0. The first-order valence-corrected chi connectivity index (χ1v) is 7.97. The highest BCUT2D eigenvalue weighted by atomic mass is 35.5. The molecule has 2 rings (SSSR count). The minimum absolute atomic E-state index is 0.198. The number of hydrogen-bond acceptors (Lipinski definition) is 1. The van der Waals surface area contributed by atoms with Crippen molar-refractivity contribution in [1.82, 2.24) is 5.32 Å². The number of rotatable bonds is 5. The largest absolute Gasteiger partial charge is 0.306 e. The van der Waals surface area contributed by atoms with E-state index >= 15 is 0 Å². The molecule has 112 valence electrons. The van der Waals surface area contributed by atoms with E-state index in [1.165, 1.54) is 27.8 Å². The lowest BCUT2D eigenvalue weighted by Gasteiger charge is -2.24. The van der Waals surface area contributed by atoms with Crippen molar-refractivity contribution >= 4 is 11.6 Å². The van der Waals surface area contributed by atoms with E-state index in [0.29, 0.717) is 0 Å². The second-order valence-electron chi connectivity index (χ2n) is 5.75. The lowest BCUT2D eigenvalue weighted by atomic mass is 9.91. The van der Waals surface area contributed by atoms with E-state index in [1.807, 2.05) is 6.07 Å². The molecular formula is C19H24ClN. The maximum atomic E-state index is 6.23. The highest BCUT2D eigenvalue weighted by Gasteiger charge is 2.18. The van der Waals surface area contributed by atoms with Gasteiger partial charge < -0.3 is 5.32 Å². The zero-order valence-corrected chi connectivity index (χ0v) is 14.1. The maximum absolute atomic E-state index is 6.23. The van der Waals surface area contributed by atoms with Gasteiger partial charge in [0, 0.05) is 5.02 Å². The van der Waals surface area contributed by atoms with Gasteiger partial charge in [0.05, 0.1) is 6.04 Å². The predicted octanol–water partition coefficient (Wildman–Crippen LogP) is 5.35. The number of aryl methyl sites for hydroxylation is 3. The van der Waals surface area contributed by atoms with Crippen molar-refractivity contribution in [3.8, 4) is 0 Å². The van der Waals surface area contributed by atoms with Crippen molar-refractivity contribution < 1.29 is 0 Å². The molecule has 0 aliphatic heterocycles. The molecule has 2 heteroatoms. The third kappa shape index (κ3) is 3.87. The minimum Gasteiger partial charge on any atom is -0.306 e. The van der Waals surface area contributed by atoms with Gasteiger partial charge in [-0.15, -0.1) is 0 Å². The second kappa shape index (κ2) is 7.11. The fourth-order valence-corrected chi connectivity index (χ4v) is 2.85. The van der Waals surface area contributed by atoms with E-state index in [4.69, 9.17) is 11.6 Å². The van der Waals surface area contributed by atoms with E-state index in [-0.39, 0.29) is 6.04 Å². The van der Waals surface area contributed by atoms with Gasteiger partial charge in [0.15, 0.2) is 0 Å². The molecule has 0 fully saturated rings. The van der Waals surface area contributed by atoms with Crippen LogP contribution in [0.4, 0.5) is 0 Å². The molecule has 0 aromatic heterocycles. The molecule has 1 nitrogen and oxygen atoms in total. The van der Waals surface area contributed by atoms with Crippen molar-refractivity contribution in [2.24, 2.45) is 0 Å². The minimum atomic E-state index is 0.198. The van der Waals surface area contributed by atoms with Crippen molar-refractivity contribution in [2.45, 2.75) is 40.2 Å². The van der Waals surface area contributed by atoms with Crippen LogP contribution in [0.5, 0.6) is 0 Å². The van der Waals surface area contributed by atoms with Crippen LogP contribution >= 0.6 is 11.6 Å². The Balaban J connectivity index is 2.52. The fourth-order valence-electron chi connectivity index (χ4n) is 2.67. The molecule has 1 N–H and O–H groups in total. The van der Waals surface area contributed by atoms with Gasteiger partial charge in [-0.25, -0.2) is 0 Å². The fraction of sp³-hybridized carbons (Fsp3) is 0.368. The Labute approximate surface area is 133 Å². The van der Waals surface area contributed by atoms with Crippen LogP contribution in [0, 0.1) is 20.8 Å². The molecular weight excluding hydrogens is 278 g/mol. The summed E-state index contributed by atoms with van der Waals surface area (Å²) in [5, 5.41) is 4.48. The summed E-state index contributed by atoms with van der Waals surface area (Å²) < 4.78 is 0. The molecule has 0 heterocycles. The van der Waals surface area contributed by atoms with Crippen molar-refractivity contribution in [3.63, 3.8) is 0 Å². The van der Waals surface area contributed by atoms with Crippen LogP contribution in [-0.2, 0) is 0 Å². The molecule has 2 aromatic rings. The number of benzene rings is 2. The summed E-state index contributed by atoms with van der Waals surface area (Å²) in [6.45, 7) is 9.65. The number of nitrogens with one attached hydrogen (secondary N) is 1. The molecule has 0 spiro atoms. The summed E-state index contributed by atoms with van der Waals surface area (Å²) in [5.41, 5.74) is 6.49. The molecule has 0 bridgehead atoms. The molecule has 1 unspecified atom stereocenters. The standard InChI is InChI=1S/C19H24ClN/c1-5-10-21-19(17-11-13(2)6-7-14(17)3)18-12-16(20)9-8-15(18)4/h6-9,11-12,19,21H,5,10H2,1-4H3. The molecule has 0 aliphatic carbocycles. The molecule has 0 aliphatic rings. The lowest BCUT2D eigenvalue weighted by molar-refractivity contribution is 0.594. The van der Waals surface area contributed by atoms with Gasteiger partial charge in [-0.2, -0.15) is 0 Å². The first-order valence-electron chi connectivity index (χ1n) is 7.59. The van der Waals surface area contributed by atoms with E-state index < -0.39 is 0 Å². The second-order valence-corrected chi connectivity index (χ2v) is 6.18. The number of halogens is 1. The lowest BCUT2D eigenvalue weighted by Crippen LogP contribution is -2.24. The first kappa shape index (κ1) is 16.1. The molecule has 0 amide bonds. The average Bonchev–Trinajstić information content (AvgIpc) is 2.46. The van der Waals surface area contributed by atoms with Crippen LogP contribution in [0.25, 0.3) is 0 Å². The summed E-state index contributed by atoms with van der Waals surface area (Å²) in [5.74, 6) is 0. The van der Waals surface area contributed by atoms with Crippen LogP contribution in [-0.4, -0.2) is 6.54 Å². The van der Waals surface area contributed by atoms with Crippen LogP contribution < -0.4 is 5.32 Å². The van der Waals surface area contributed by atoms with Gasteiger partial charge in [0.1, 0.15) is 0 Å². The van der Waals surface area contributed by atoms with Gasteiger partial charge in [0.25, 0.3) is 0 Å². The van der Waals surface area contributed by atoms with Crippen LogP contribution in [0.1, 0.15) is 47.2 Å². The molecule has 0 radical (unpaired) electrons. The Kier molecular flexibility index (Phi) is 5.44. The summed E-state index contributed by atoms with van der Waals surface area (Å²) in [7, 11) is 0. The zero-order valence-electron chi connectivity index (χ0n) is 13.3. The topological polar surface area (TPSA) is 12.0 Å². The summed E-state index contributed by atoms with van der Waals surface area (Å²) in [6.07, 6.45) is 1.11. The van der Waals surface area contributed by atoms with Crippen LogP contribution in [0.3, 0.4) is 0 Å². The van der Waals surface area contributed by atoms with Gasteiger partial charge >= 0.3 is 0 Å². The Morgan fingerprint density at radius 2 is 1.57 bits per heavy atom. The highest BCUT2D eigenvalue weighted by Crippen LogP contribution is 2.30. The quantitative estimate of drug-likeness (QED) is 0.784. The summed E-state index contributed by atoms with van der Waals surface area (Å²) in [4.78, 5) is 0. The zero-order chi connectivity index (χ0) is 15.4. The monoisotopic (exact) mass is 301 g/mol. The van der Waals surface area contributed by atoms with Crippen LogP contribution in [0.15, 0.2) is 36.4 Å². The Morgan fingerprint density at radius 3 is 2.24 bits per heavy atom. The Bertz CT molecular complexity index is 567. The SMILES string of the molecule is CCCNC(c1cc(C)ccc1C)c1cc(Cl)ccc1C. The molecule has 21 heavy (non-hydrogen) atoms. The van der Waals surface area contributed by atoms with E-state index in [2.05, 4.69) is 63.3 Å². The van der Waals surface area contributed by atoms with Crippen molar-refractivity contribution in [3.05, 3.63) is 69.2 Å². The number of hydrogen-bond donors (Lipinski definition) is 1. The molecule has 0 saturated carbocycles. The molecule has 0 saturated heterocycles. The normalized spacial score (nSPS) is 12.4. The van der Waals surface area contributed by atoms with Crippen LogP contribution in [0.2, 0.25) is 5.02 Å². The van der Waals surface area contributed by atoms with E-state index in [0.717, 1.165) is 18.0 Å². The smallest absolute Gasteiger partial charge is 0.0582 e. The van der Waals surface area contributed by atoms with Gasteiger partial charge in [-0.05, 0) is 68.1 Å². The van der Waals surface area contributed by atoms with E-state index in [9.17, 15) is 0 Å². The average molecular weight is 302 g/mol.